The lowest BCUT2D eigenvalue weighted by molar-refractivity contribution is 0.0691. The van der Waals surface area contributed by atoms with Crippen LogP contribution in [0.4, 0.5) is 0 Å². The molecule has 0 spiro atoms. The SMILES string of the molecule is Cc1ccc(OCCOc2ccc(-c3nc(C(=O)O)cs3)cc2)cc1C. The number of hydrogen-bond acceptors (Lipinski definition) is 5. The predicted octanol–water partition coefficient (Wildman–Crippen LogP) is 4.58. The van der Waals surface area contributed by atoms with Gasteiger partial charge in [0.1, 0.15) is 29.7 Å². The number of thiazole rings is 1. The molecule has 1 N–H and O–H groups in total. The van der Waals surface area contributed by atoms with Gasteiger partial charge in [-0.25, -0.2) is 9.78 Å². The van der Waals surface area contributed by atoms with Crippen molar-refractivity contribution in [1.82, 2.24) is 4.98 Å². The van der Waals surface area contributed by atoms with Crippen LogP contribution in [-0.4, -0.2) is 29.3 Å². The van der Waals surface area contributed by atoms with Crippen molar-refractivity contribution in [3.05, 3.63) is 64.7 Å². The average molecular weight is 369 g/mol. The van der Waals surface area contributed by atoms with E-state index in [0.717, 1.165) is 17.1 Å². The Kier molecular flexibility index (Phi) is 5.53. The summed E-state index contributed by atoms with van der Waals surface area (Å²) < 4.78 is 11.4. The van der Waals surface area contributed by atoms with Crippen LogP contribution in [0.5, 0.6) is 11.5 Å². The van der Waals surface area contributed by atoms with Gasteiger partial charge in [-0.3, -0.25) is 0 Å². The molecule has 0 bridgehead atoms. The topological polar surface area (TPSA) is 68.7 Å². The summed E-state index contributed by atoms with van der Waals surface area (Å²) in [6.45, 7) is 5.02. The second-order valence-electron chi connectivity index (χ2n) is 5.81. The summed E-state index contributed by atoms with van der Waals surface area (Å²) in [5.74, 6) is 0.550. The maximum absolute atomic E-state index is 10.9. The van der Waals surface area contributed by atoms with Crippen LogP contribution in [-0.2, 0) is 0 Å². The van der Waals surface area contributed by atoms with Crippen LogP contribution >= 0.6 is 11.3 Å². The molecule has 3 rings (SSSR count). The quantitative estimate of drug-likeness (QED) is 0.617. The molecule has 5 nitrogen and oxygen atoms in total. The molecule has 1 heterocycles. The van der Waals surface area contributed by atoms with Gasteiger partial charge in [0, 0.05) is 10.9 Å². The lowest BCUT2D eigenvalue weighted by Crippen LogP contribution is -2.09. The summed E-state index contributed by atoms with van der Waals surface area (Å²) in [6.07, 6.45) is 0. The number of carboxylic acids is 1. The van der Waals surface area contributed by atoms with E-state index < -0.39 is 5.97 Å². The molecule has 6 heteroatoms. The van der Waals surface area contributed by atoms with Crippen molar-refractivity contribution in [3.63, 3.8) is 0 Å². The molecule has 0 unspecified atom stereocenters. The Labute approximate surface area is 155 Å². The van der Waals surface area contributed by atoms with Gasteiger partial charge in [-0.15, -0.1) is 11.3 Å². The highest BCUT2D eigenvalue weighted by Gasteiger charge is 2.10. The molecule has 0 atom stereocenters. The minimum Gasteiger partial charge on any atom is -0.490 e. The summed E-state index contributed by atoms with van der Waals surface area (Å²) in [6, 6.07) is 13.4. The van der Waals surface area contributed by atoms with Crippen LogP contribution < -0.4 is 9.47 Å². The van der Waals surface area contributed by atoms with Gasteiger partial charge in [0.25, 0.3) is 0 Å². The monoisotopic (exact) mass is 369 g/mol. The van der Waals surface area contributed by atoms with Crippen LogP contribution in [0.15, 0.2) is 47.8 Å². The van der Waals surface area contributed by atoms with Crippen molar-refractivity contribution in [3.8, 4) is 22.1 Å². The molecule has 0 aliphatic rings. The summed E-state index contributed by atoms with van der Waals surface area (Å²) >= 11 is 1.31. The molecule has 0 amide bonds. The van der Waals surface area contributed by atoms with Gasteiger partial charge in [-0.2, -0.15) is 0 Å². The van der Waals surface area contributed by atoms with Crippen LogP contribution in [0.25, 0.3) is 10.6 Å². The summed E-state index contributed by atoms with van der Waals surface area (Å²) in [5.41, 5.74) is 3.37. The number of carboxylic acid groups (broad SMARTS) is 1. The van der Waals surface area contributed by atoms with E-state index in [1.807, 2.05) is 42.5 Å². The molecule has 0 saturated heterocycles. The second-order valence-corrected chi connectivity index (χ2v) is 6.67. The standard InChI is InChI=1S/C20H19NO4S/c1-13-3-6-17(11-14(13)2)25-10-9-24-16-7-4-15(5-8-16)19-21-18(12-26-19)20(22)23/h3-8,11-12H,9-10H2,1-2H3,(H,22,23). The fourth-order valence-corrected chi connectivity index (χ4v) is 3.12. The summed E-state index contributed by atoms with van der Waals surface area (Å²) in [7, 11) is 0. The second kappa shape index (κ2) is 8.01. The minimum atomic E-state index is -1.02. The highest BCUT2D eigenvalue weighted by atomic mass is 32.1. The molecule has 0 fully saturated rings. The third-order valence-corrected chi connectivity index (χ3v) is 4.82. The maximum atomic E-state index is 10.9. The Morgan fingerprint density at radius 2 is 1.65 bits per heavy atom. The van der Waals surface area contributed by atoms with E-state index in [4.69, 9.17) is 14.6 Å². The van der Waals surface area contributed by atoms with E-state index in [-0.39, 0.29) is 5.69 Å². The third kappa shape index (κ3) is 4.40. The van der Waals surface area contributed by atoms with Gasteiger partial charge in [0.2, 0.25) is 0 Å². The first-order valence-electron chi connectivity index (χ1n) is 8.15. The zero-order valence-corrected chi connectivity index (χ0v) is 15.4. The maximum Gasteiger partial charge on any atom is 0.355 e. The summed E-state index contributed by atoms with van der Waals surface area (Å²) in [4.78, 5) is 15.0. The van der Waals surface area contributed by atoms with Gasteiger partial charge in [-0.1, -0.05) is 6.07 Å². The Morgan fingerprint density at radius 3 is 2.27 bits per heavy atom. The number of aromatic carboxylic acids is 1. The number of aromatic nitrogens is 1. The minimum absolute atomic E-state index is 0.0637. The van der Waals surface area contributed by atoms with E-state index in [0.29, 0.717) is 18.2 Å². The van der Waals surface area contributed by atoms with Crippen LogP contribution in [0.1, 0.15) is 21.6 Å². The normalized spacial score (nSPS) is 10.5. The van der Waals surface area contributed by atoms with Crippen molar-refractivity contribution in [1.29, 1.82) is 0 Å². The molecule has 0 aliphatic carbocycles. The number of nitrogens with zero attached hydrogens (tertiary/aromatic N) is 1. The number of ether oxygens (including phenoxy) is 2. The van der Waals surface area contributed by atoms with Gasteiger partial charge < -0.3 is 14.6 Å². The molecule has 0 saturated carbocycles. The lowest BCUT2D eigenvalue weighted by Gasteiger charge is -2.10. The highest BCUT2D eigenvalue weighted by Crippen LogP contribution is 2.25. The van der Waals surface area contributed by atoms with Gasteiger partial charge >= 0.3 is 5.97 Å². The summed E-state index contributed by atoms with van der Waals surface area (Å²) in [5, 5.41) is 11.1. The number of rotatable bonds is 7. The van der Waals surface area contributed by atoms with Crippen LogP contribution in [0.3, 0.4) is 0 Å². The molecular formula is C20H19NO4S. The van der Waals surface area contributed by atoms with Crippen LogP contribution in [0, 0.1) is 13.8 Å². The molecule has 3 aromatic rings. The zero-order chi connectivity index (χ0) is 18.5. The molecule has 26 heavy (non-hydrogen) atoms. The van der Waals surface area contributed by atoms with Gasteiger partial charge in [-0.05, 0) is 61.4 Å². The van der Waals surface area contributed by atoms with E-state index in [9.17, 15) is 4.79 Å². The molecule has 134 valence electrons. The molecule has 2 aromatic carbocycles. The zero-order valence-electron chi connectivity index (χ0n) is 14.6. The van der Waals surface area contributed by atoms with Crippen molar-refractivity contribution in [2.75, 3.05) is 13.2 Å². The molecular weight excluding hydrogens is 350 g/mol. The smallest absolute Gasteiger partial charge is 0.355 e. The Balaban J connectivity index is 1.51. The predicted molar refractivity (Wildman–Crippen MR) is 101 cm³/mol. The number of carbonyl (C=O) groups is 1. The van der Waals surface area contributed by atoms with E-state index in [1.165, 1.54) is 27.8 Å². The largest absolute Gasteiger partial charge is 0.490 e. The van der Waals surface area contributed by atoms with E-state index in [1.54, 1.807) is 0 Å². The first-order valence-corrected chi connectivity index (χ1v) is 9.03. The van der Waals surface area contributed by atoms with Gasteiger partial charge in [0.05, 0.1) is 0 Å². The number of aryl methyl sites for hydroxylation is 2. The lowest BCUT2D eigenvalue weighted by atomic mass is 10.1. The van der Waals surface area contributed by atoms with Crippen molar-refractivity contribution in [2.45, 2.75) is 13.8 Å². The van der Waals surface area contributed by atoms with E-state index >= 15 is 0 Å². The fraction of sp³-hybridized carbons (Fsp3) is 0.200. The first kappa shape index (κ1) is 17.9. The molecule has 1 aromatic heterocycles. The van der Waals surface area contributed by atoms with Crippen molar-refractivity contribution in [2.24, 2.45) is 0 Å². The fourth-order valence-electron chi connectivity index (χ4n) is 2.32. The Bertz CT molecular complexity index is 902. The molecule has 0 radical (unpaired) electrons. The highest BCUT2D eigenvalue weighted by molar-refractivity contribution is 7.13. The van der Waals surface area contributed by atoms with Gasteiger partial charge in [0.15, 0.2) is 5.69 Å². The van der Waals surface area contributed by atoms with E-state index in [2.05, 4.69) is 18.8 Å². The first-order chi connectivity index (χ1) is 12.5. The van der Waals surface area contributed by atoms with Crippen molar-refractivity contribution >= 4 is 17.3 Å². The Hall–Kier alpha value is -2.86. The number of benzene rings is 2. The number of hydrogen-bond donors (Lipinski definition) is 1. The third-order valence-electron chi connectivity index (χ3n) is 3.92. The average Bonchev–Trinajstić information content (AvgIpc) is 3.13. The van der Waals surface area contributed by atoms with Crippen LogP contribution in [0.2, 0.25) is 0 Å². The molecule has 0 aliphatic heterocycles. The Morgan fingerprint density at radius 1 is 1.00 bits per heavy atom. The van der Waals surface area contributed by atoms with Crippen molar-refractivity contribution < 1.29 is 19.4 Å².